The number of rotatable bonds is 8. The van der Waals surface area contributed by atoms with E-state index in [1.54, 1.807) is 0 Å². The van der Waals surface area contributed by atoms with E-state index in [2.05, 4.69) is 35.3 Å². The summed E-state index contributed by atoms with van der Waals surface area (Å²) in [5.74, 6) is 2.49. The van der Waals surface area contributed by atoms with Crippen molar-refractivity contribution in [3.05, 3.63) is 0 Å². The maximum atomic E-state index is 5.33. The molecule has 4 rings (SSSR count). The summed E-state index contributed by atoms with van der Waals surface area (Å²) in [5, 5.41) is 3.76. The van der Waals surface area contributed by atoms with E-state index in [1.807, 2.05) is 0 Å². The lowest BCUT2D eigenvalue weighted by atomic mass is 9.99. The molecule has 2 nitrogen and oxygen atoms in total. The van der Waals surface area contributed by atoms with Crippen LogP contribution in [0.5, 0.6) is 0 Å². The van der Waals surface area contributed by atoms with Gasteiger partial charge >= 0.3 is 0 Å². The molecule has 0 aromatic rings. The first-order valence-electron chi connectivity index (χ1n) is 9.47. The van der Waals surface area contributed by atoms with Gasteiger partial charge in [0.1, 0.15) is 0 Å². The van der Waals surface area contributed by atoms with Crippen LogP contribution in [0.4, 0.5) is 0 Å². The van der Waals surface area contributed by atoms with Crippen LogP contribution in [0.15, 0.2) is 0 Å². The van der Waals surface area contributed by atoms with Gasteiger partial charge < -0.3 is 9.47 Å². The largest absolute Gasteiger partial charge is 0.372 e. The zero-order valence-electron chi connectivity index (χ0n) is 14.0. The molecule has 2 saturated carbocycles. The zero-order valence-corrected chi connectivity index (χ0v) is 16.4. The average Bonchev–Trinajstić information content (AvgIpc) is 3.48. The van der Waals surface area contributed by atoms with Crippen LogP contribution in [-0.4, -0.2) is 57.9 Å². The van der Waals surface area contributed by atoms with Gasteiger partial charge in [-0.05, 0) is 51.4 Å². The highest BCUT2D eigenvalue weighted by molar-refractivity contribution is 8.01. The summed E-state index contributed by atoms with van der Waals surface area (Å²) in [7, 11) is 0. The summed E-state index contributed by atoms with van der Waals surface area (Å²) < 4.78 is 10.7. The molecule has 4 fully saturated rings. The summed E-state index contributed by atoms with van der Waals surface area (Å²) in [5.41, 5.74) is 0. The first-order valence-corrected chi connectivity index (χ1v) is 12.5. The number of thioether (sulfide) groups is 3. The standard InChI is InChI=1S/C18H30O2S3/c1-5-17(6-2-15(1)21-11-13-9-19-13)23-18-7-3-16(4-8-18)22-12-14-10-20-14/h13-18H,1-12H2. The zero-order chi connectivity index (χ0) is 15.5. The van der Waals surface area contributed by atoms with Crippen molar-refractivity contribution in [2.75, 3.05) is 24.7 Å². The molecule has 2 heterocycles. The second kappa shape index (κ2) is 8.57. The first kappa shape index (κ1) is 17.4. The minimum atomic E-state index is 0.603. The first-order chi connectivity index (χ1) is 11.3. The van der Waals surface area contributed by atoms with Crippen LogP contribution in [0, 0.1) is 0 Å². The van der Waals surface area contributed by atoms with E-state index in [0.29, 0.717) is 12.2 Å². The number of ether oxygens (including phenoxy) is 2. The molecule has 2 saturated heterocycles. The predicted octanol–water partition coefficient (Wildman–Crippen LogP) is 4.61. The minimum Gasteiger partial charge on any atom is -0.372 e. The predicted molar refractivity (Wildman–Crippen MR) is 104 cm³/mol. The van der Waals surface area contributed by atoms with E-state index in [9.17, 15) is 0 Å². The fourth-order valence-corrected chi connectivity index (χ4v) is 7.96. The Kier molecular flexibility index (Phi) is 6.48. The van der Waals surface area contributed by atoms with Crippen molar-refractivity contribution in [1.82, 2.24) is 0 Å². The van der Waals surface area contributed by atoms with Gasteiger partial charge in [0.15, 0.2) is 0 Å². The Morgan fingerprint density at radius 2 is 0.913 bits per heavy atom. The fourth-order valence-electron chi connectivity index (χ4n) is 3.76. The Balaban J connectivity index is 1.08. The Bertz CT molecular complexity index is 323. The van der Waals surface area contributed by atoms with Crippen molar-refractivity contribution >= 4 is 35.3 Å². The molecule has 0 spiro atoms. The van der Waals surface area contributed by atoms with Gasteiger partial charge in [0.2, 0.25) is 0 Å². The third-order valence-electron chi connectivity index (χ3n) is 5.47. The lowest BCUT2D eigenvalue weighted by Gasteiger charge is -2.33. The van der Waals surface area contributed by atoms with Crippen LogP contribution in [0.25, 0.3) is 0 Å². The van der Waals surface area contributed by atoms with Gasteiger partial charge in [-0.3, -0.25) is 0 Å². The van der Waals surface area contributed by atoms with Gasteiger partial charge in [-0.2, -0.15) is 35.3 Å². The van der Waals surface area contributed by atoms with Crippen LogP contribution >= 0.6 is 35.3 Å². The van der Waals surface area contributed by atoms with Gasteiger partial charge in [-0.25, -0.2) is 0 Å². The van der Waals surface area contributed by atoms with E-state index >= 15 is 0 Å². The second-order valence-corrected chi connectivity index (χ2v) is 11.8. The number of hydrogen-bond donors (Lipinski definition) is 0. The average molecular weight is 375 g/mol. The van der Waals surface area contributed by atoms with Crippen LogP contribution in [0.1, 0.15) is 51.4 Å². The molecule has 0 amide bonds. The molecule has 2 aliphatic heterocycles. The molecule has 4 aliphatic rings. The molecule has 23 heavy (non-hydrogen) atoms. The Morgan fingerprint density at radius 1 is 0.565 bits per heavy atom. The van der Waals surface area contributed by atoms with Crippen LogP contribution in [0.2, 0.25) is 0 Å². The molecule has 0 N–H and O–H groups in total. The lowest BCUT2D eigenvalue weighted by Crippen LogP contribution is -2.24. The van der Waals surface area contributed by atoms with Crippen molar-refractivity contribution in [3.63, 3.8) is 0 Å². The Morgan fingerprint density at radius 3 is 1.26 bits per heavy atom. The third kappa shape index (κ3) is 6.02. The van der Waals surface area contributed by atoms with Crippen molar-refractivity contribution < 1.29 is 9.47 Å². The van der Waals surface area contributed by atoms with Crippen molar-refractivity contribution in [2.45, 2.75) is 84.6 Å². The lowest BCUT2D eigenvalue weighted by molar-refractivity contribution is 0.425. The van der Waals surface area contributed by atoms with Crippen molar-refractivity contribution in [2.24, 2.45) is 0 Å². The summed E-state index contributed by atoms with van der Waals surface area (Å²) in [6.45, 7) is 2.04. The van der Waals surface area contributed by atoms with E-state index < -0.39 is 0 Å². The molecule has 0 bridgehead atoms. The quantitative estimate of drug-likeness (QED) is 0.578. The molecule has 2 unspecified atom stereocenters. The third-order valence-corrected chi connectivity index (χ3v) is 10.2. The highest BCUT2D eigenvalue weighted by atomic mass is 32.2. The summed E-state index contributed by atoms with van der Waals surface area (Å²) in [6.07, 6.45) is 12.8. The smallest absolute Gasteiger partial charge is 0.0900 e. The monoisotopic (exact) mass is 374 g/mol. The molecule has 0 aromatic heterocycles. The van der Waals surface area contributed by atoms with Crippen LogP contribution < -0.4 is 0 Å². The van der Waals surface area contributed by atoms with E-state index in [1.165, 1.54) is 62.9 Å². The topological polar surface area (TPSA) is 25.1 Å². The molecule has 5 heteroatoms. The van der Waals surface area contributed by atoms with Gasteiger partial charge in [-0.1, -0.05) is 0 Å². The Labute approximate surface area is 154 Å². The molecular formula is C18H30O2S3. The highest BCUT2D eigenvalue weighted by Crippen LogP contribution is 2.41. The molecular weight excluding hydrogens is 344 g/mol. The van der Waals surface area contributed by atoms with Crippen molar-refractivity contribution in [1.29, 1.82) is 0 Å². The normalized spacial score (nSPS) is 43.3. The maximum Gasteiger partial charge on any atom is 0.0900 e. The van der Waals surface area contributed by atoms with E-state index in [0.717, 1.165) is 34.2 Å². The minimum absolute atomic E-state index is 0.603. The molecule has 132 valence electrons. The maximum absolute atomic E-state index is 5.33. The van der Waals surface area contributed by atoms with Crippen LogP contribution in [-0.2, 0) is 9.47 Å². The van der Waals surface area contributed by atoms with Crippen molar-refractivity contribution in [3.8, 4) is 0 Å². The second-order valence-electron chi connectivity index (χ2n) is 7.51. The molecule has 2 atom stereocenters. The van der Waals surface area contributed by atoms with Gasteiger partial charge in [-0.15, -0.1) is 0 Å². The van der Waals surface area contributed by atoms with Gasteiger partial charge in [0.05, 0.1) is 25.4 Å². The van der Waals surface area contributed by atoms with E-state index in [-0.39, 0.29) is 0 Å². The number of hydrogen-bond acceptors (Lipinski definition) is 5. The van der Waals surface area contributed by atoms with E-state index in [4.69, 9.17) is 9.47 Å². The molecule has 2 aliphatic carbocycles. The fraction of sp³-hybridized carbons (Fsp3) is 1.00. The van der Waals surface area contributed by atoms with Crippen LogP contribution in [0.3, 0.4) is 0 Å². The van der Waals surface area contributed by atoms with Gasteiger partial charge in [0.25, 0.3) is 0 Å². The summed E-state index contributed by atoms with van der Waals surface area (Å²) in [6, 6.07) is 0. The summed E-state index contributed by atoms with van der Waals surface area (Å²) in [4.78, 5) is 0. The molecule has 0 radical (unpaired) electrons. The highest BCUT2D eigenvalue weighted by Gasteiger charge is 2.30. The number of epoxide rings is 2. The Hall–Kier alpha value is 0.970. The SMILES string of the molecule is C1OC1CSC1CCC(SC2CCC(SCC3CO3)CC2)CC1. The van der Waals surface area contributed by atoms with Gasteiger partial charge in [0, 0.05) is 32.5 Å². The molecule has 0 aromatic carbocycles. The summed E-state index contributed by atoms with van der Waals surface area (Å²) >= 11 is 6.72.